The molecule has 3 aromatic rings. The highest BCUT2D eigenvalue weighted by Crippen LogP contribution is 2.41. The van der Waals surface area contributed by atoms with Gasteiger partial charge >= 0.3 is 0 Å². The number of methoxy groups -OCH3 is 1. The van der Waals surface area contributed by atoms with Crippen LogP contribution >= 0.6 is 0 Å². The van der Waals surface area contributed by atoms with E-state index in [9.17, 15) is 4.79 Å². The van der Waals surface area contributed by atoms with Crippen LogP contribution in [0, 0.1) is 0 Å². The summed E-state index contributed by atoms with van der Waals surface area (Å²) in [5, 5.41) is 0. The SMILES string of the molecule is COc1ccc(-c2ccccc2)cc1N1C(=O)[C@@H]2C[C@H]1CN2CCc1ccccn1. The van der Waals surface area contributed by atoms with Gasteiger partial charge < -0.3 is 9.64 Å². The molecule has 5 heteroatoms. The molecule has 0 saturated carbocycles. The number of likely N-dealkylation sites (tertiary alicyclic amines) is 1. The van der Waals surface area contributed by atoms with Crippen LogP contribution in [0.1, 0.15) is 12.1 Å². The molecule has 2 saturated heterocycles. The number of ether oxygens (including phenoxy) is 1. The molecule has 3 heterocycles. The quantitative estimate of drug-likeness (QED) is 0.633. The smallest absolute Gasteiger partial charge is 0.244 e. The Labute approximate surface area is 176 Å². The van der Waals surface area contributed by atoms with Gasteiger partial charge in [-0.3, -0.25) is 14.7 Å². The lowest BCUT2D eigenvalue weighted by Crippen LogP contribution is -2.51. The predicted molar refractivity (Wildman–Crippen MR) is 118 cm³/mol. The first-order valence-electron chi connectivity index (χ1n) is 10.4. The molecule has 1 amide bonds. The lowest BCUT2D eigenvalue weighted by atomic mass is 10.0. The summed E-state index contributed by atoms with van der Waals surface area (Å²) in [6, 6.07) is 22.5. The van der Waals surface area contributed by atoms with Crippen LogP contribution in [0.2, 0.25) is 0 Å². The second-order valence-corrected chi connectivity index (χ2v) is 7.93. The van der Waals surface area contributed by atoms with Crippen LogP contribution in [-0.2, 0) is 11.2 Å². The van der Waals surface area contributed by atoms with Crippen molar-refractivity contribution in [3.8, 4) is 16.9 Å². The number of rotatable bonds is 6. The number of benzene rings is 2. The number of anilines is 1. The van der Waals surface area contributed by atoms with Crippen molar-refractivity contribution in [2.75, 3.05) is 25.1 Å². The van der Waals surface area contributed by atoms with Gasteiger partial charge in [0.2, 0.25) is 5.91 Å². The second kappa shape index (κ2) is 7.92. The van der Waals surface area contributed by atoms with E-state index >= 15 is 0 Å². The van der Waals surface area contributed by atoms with Gasteiger partial charge in [0, 0.05) is 31.4 Å². The van der Waals surface area contributed by atoms with Crippen LogP contribution in [-0.4, -0.2) is 48.1 Å². The maximum Gasteiger partial charge on any atom is 0.244 e. The summed E-state index contributed by atoms with van der Waals surface area (Å²) < 4.78 is 5.62. The van der Waals surface area contributed by atoms with Gasteiger partial charge in [0.05, 0.1) is 24.9 Å². The van der Waals surface area contributed by atoms with E-state index in [0.717, 1.165) is 54.2 Å². The molecule has 2 aliphatic heterocycles. The number of piperazine rings is 1. The van der Waals surface area contributed by atoms with Crippen molar-refractivity contribution < 1.29 is 9.53 Å². The van der Waals surface area contributed by atoms with E-state index in [1.165, 1.54) is 0 Å². The Morgan fingerprint density at radius 3 is 2.60 bits per heavy atom. The molecule has 30 heavy (non-hydrogen) atoms. The van der Waals surface area contributed by atoms with E-state index in [-0.39, 0.29) is 18.0 Å². The van der Waals surface area contributed by atoms with Crippen molar-refractivity contribution >= 4 is 11.6 Å². The lowest BCUT2D eigenvalue weighted by Gasteiger charge is -2.34. The van der Waals surface area contributed by atoms with Gasteiger partial charge in [-0.05, 0) is 41.8 Å². The highest BCUT2D eigenvalue weighted by molar-refractivity contribution is 6.03. The minimum absolute atomic E-state index is 0.0520. The average molecular weight is 399 g/mol. The number of amides is 1. The Hall–Kier alpha value is -3.18. The first kappa shape index (κ1) is 18.8. The van der Waals surface area contributed by atoms with E-state index in [0.29, 0.717) is 0 Å². The first-order valence-corrected chi connectivity index (χ1v) is 10.4. The molecular formula is C25H25N3O2. The normalized spacial score (nSPS) is 20.7. The topological polar surface area (TPSA) is 45.7 Å². The highest BCUT2D eigenvalue weighted by atomic mass is 16.5. The van der Waals surface area contributed by atoms with Crippen molar-refractivity contribution in [1.82, 2.24) is 9.88 Å². The number of aromatic nitrogens is 1. The predicted octanol–water partition coefficient (Wildman–Crippen LogP) is 3.79. The summed E-state index contributed by atoms with van der Waals surface area (Å²) in [6.07, 6.45) is 3.56. The Kier molecular flexibility index (Phi) is 4.97. The zero-order valence-electron chi connectivity index (χ0n) is 17.1. The molecule has 0 N–H and O–H groups in total. The van der Waals surface area contributed by atoms with Crippen LogP contribution in [0.5, 0.6) is 5.75 Å². The third-order valence-corrected chi connectivity index (χ3v) is 6.20. The summed E-state index contributed by atoms with van der Waals surface area (Å²) in [5.41, 5.74) is 4.17. The average Bonchev–Trinajstić information content (AvgIpc) is 3.36. The van der Waals surface area contributed by atoms with Crippen LogP contribution in [0.25, 0.3) is 11.1 Å². The number of nitrogens with zero attached hydrogens (tertiary/aromatic N) is 3. The van der Waals surface area contributed by atoms with Crippen LogP contribution in [0.4, 0.5) is 5.69 Å². The Bertz CT molecular complexity index is 1040. The Morgan fingerprint density at radius 1 is 1.03 bits per heavy atom. The number of hydrogen-bond acceptors (Lipinski definition) is 4. The molecule has 2 atom stereocenters. The fourth-order valence-corrected chi connectivity index (χ4v) is 4.72. The summed E-state index contributed by atoms with van der Waals surface area (Å²) in [7, 11) is 1.67. The molecule has 0 radical (unpaired) electrons. The number of carbonyl (C=O) groups is 1. The van der Waals surface area contributed by atoms with E-state index in [2.05, 4.69) is 34.1 Å². The van der Waals surface area contributed by atoms with Crippen LogP contribution in [0.15, 0.2) is 72.9 Å². The maximum atomic E-state index is 13.3. The van der Waals surface area contributed by atoms with E-state index in [4.69, 9.17) is 4.74 Å². The molecule has 152 valence electrons. The second-order valence-electron chi connectivity index (χ2n) is 7.93. The van der Waals surface area contributed by atoms with Gasteiger partial charge in [0.15, 0.2) is 0 Å². The summed E-state index contributed by atoms with van der Waals surface area (Å²) >= 11 is 0. The standard InChI is InChI=1S/C25H25N3O2/c1-30-24-11-10-19(18-7-3-2-4-8-18)15-22(24)28-21-16-23(25(28)29)27(17-21)14-12-20-9-5-6-13-26-20/h2-11,13,15,21,23H,12,14,16-17H2,1H3/t21-,23-/m0/s1. The van der Waals surface area contributed by atoms with Crippen LogP contribution in [0.3, 0.4) is 0 Å². The maximum absolute atomic E-state index is 13.3. The lowest BCUT2D eigenvalue weighted by molar-refractivity contribution is -0.122. The molecule has 5 rings (SSSR count). The molecule has 5 nitrogen and oxygen atoms in total. The number of hydrogen-bond donors (Lipinski definition) is 0. The fraction of sp³-hybridized carbons (Fsp3) is 0.280. The third-order valence-electron chi connectivity index (χ3n) is 6.20. The van der Waals surface area contributed by atoms with Gasteiger partial charge in [-0.15, -0.1) is 0 Å². The summed E-state index contributed by atoms with van der Waals surface area (Å²) in [5.74, 6) is 0.923. The molecule has 2 aromatic carbocycles. The number of pyridine rings is 1. The van der Waals surface area contributed by atoms with Gasteiger partial charge in [0.1, 0.15) is 5.75 Å². The van der Waals surface area contributed by atoms with Crippen molar-refractivity contribution in [3.05, 3.63) is 78.6 Å². The van der Waals surface area contributed by atoms with Gasteiger partial charge in [-0.2, -0.15) is 0 Å². The van der Waals surface area contributed by atoms with Gasteiger partial charge in [-0.25, -0.2) is 0 Å². The molecular weight excluding hydrogens is 374 g/mol. The van der Waals surface area contributed by atoms with Gasteiger partial charge in [-0.1, -0.05) is 42.5 Å². The van der Waals surface area contributed by atoms with Crippen molar-refractivity contribution in [3.63, 3.8) is 0 Å². The molecule has 1 aromatic heterocycles. The first-order chi connectivity index (χ1) is 14.7. The van der Waals surface area contributed by atoms with Crippen molar-refractivity contribution in [2.24, 2.45) is 0 Å². The monoisotopic (exact) mass is 399 g/mol. The van der Waals surface area contributed by atoms with Gasteiger partial charge in [0.25, 0.3) is 0 Å². The minimum Gasteiger partial charge on any atom is -0.495 e. The van der Waals surface area contributed by atoms with E-state index < -0.39 is 0 Å². The third kappa shape index (κ3) is 3.35. The van der Waals surface area contributed by atoms with E-state index in [1.807, 2.05) is 53.6 Å². The molecule has 2 aliphatic rings. The minimum atomic E-state index is -0.0520. The Morgan fingerprint density at radius 2 is 1.87 bits per heavy atom. The highest BCUT2D eigenvalue weighted by Gasteiger charge is 2.50. The molecule has 0 spiro atoms. The summed E-state index contributed by atoms with van der Waals surface area (Å²) in [6.45, 7) is 1.75. The molecule has 0 aliphatic carbocycles. The largest absolute Gasteiger partial charge is 0.495 e. The summed E-state index contributed by atoms with van der Waals surface area (Å²) in [4.78, 5) is 22.0. The zero-order valence-corrected chi connectivity index (χ0v) is 17.1. The molecule has 2 bridgehead atoms. The number of carbonyl (C=O) groups excluding carboxylic acids is 1. The zero-order chi connectivity index (χ0) is 20.5. The van der Waals surface area contributed by atoms with E-state index in [1.54, 1.807) is 7.11 Å². The number of fused-ring (bicyclic) bond motifs is 2. The molecule has 0 unspecified atom stereocenters. The van der Waals surface area contributed by atoms with Crippen molar-refractivity contribution in [2.45, 2.75) is 24.9 Å². The Balaban J connectivity index is 1.37. The molecule has 2 fully saturated rings. The van der Waals surface area contributed by atoms with Crippen LogP contribution < -0.4 is 9.64 Å². The fourth-order valence-electron chi connectivity index (χ4n) is 4.72. The van der Waals surface area contributed by atoms with Crippen molar-refractivity contribution in [1.29, 1.82) is 0 Å².